The molecule has 0 spiro atoms. The molecule has 0 saturated carbocycles. The third-order valence-electron chi connectivity index (χ3n) is 2.98. The topological polar surface area (TPSA) is 52.6 Å². The van der Waals surface area contributed by atoms with Crippen LogP contribution in [0.2, 0.25) is 0 Å². The number of esters is 1. The van der Waals surface area contributed by atoms with E-state index in [9.17, 15) is 9.59 Å². The summed E-state index contributed by atoms with van der Waals surface area (Å²) in [4.78, 5) is 22.4. The van der Waals surface area contributed by atoms with Gasteiger partial charge >= 0.3 is 5.97 Å². The summed E-state index contributed by atoms with van der Waals surface area (Å²) < 4.78 is 10.9. The van der Waals surface area contributed by atoms with Gasteiger partial charge in [-0.15, -0.1) is 0 Å². The van der Waals surface area contributed by atoms with Gasteiger partial charge in [0.05, 0.1) is 0 Å². The smallest absolute Gasteiger partial charge is 0.303 e. The first-order valence-electron chi connectivity index (χ1n) is 5.81. The molecule has 1 aliphatic heterocycles. The molecule has 0 amide bonds. The Kier molecular flexibility index (Phi) is 4.47. The second-order valence-corrected chi connectivity index (χ2v) is 4.53. The molecule has 0 radical (unpaired) electrons. The van der Waals surface area contributed by atoms with E-state index in [2.05, 4.69) is 0 Å². The van der Waals surface area contributed by atoms with Crippen molar-refractivity contribution in [3.63, 3.8) is 0 Å². The summed E-state index contributed by atoms with van der Waals surface area (Å²) in [7, 11) is 0. The number of carbonyl (C=O) groups excluding carboxylic acids is 2. The first-order chi connectivity index (χ1) is 7.48. The Bertz CT molecular complexity index is 274. The Balaban J connectivity index is 2.79. The summed E-state index contributed by atoms with van der Waals surface area (Å²) in [6.07, 6.45) is 2.41. The van der Waals surface area contributed by atoms with Crippen molar-refractivity contribution in [3.05, 3.63) is 0 Å². The summed E-state index contributed by atoms with van der Waals surface area (Å²) in [6.45, 7) is 5.49. The predicted octanol–water partition coefficient (Wildman–Crippen LogP) is 1.86. The molecule has 0 bridgehead atoms. The number of ether oxygens (including phenoxy) is 2. The van der Waals surface area contributed by atoms with E-state index in [0.29, 0.717) is 12.8 Å². The Morgan fingerprint density at radius 3 is 2.88 bits per heavy atom. The number of hydrogen-bond acceptors (Lipinski definition) is 4. The van der Waals surface area contributed by atoms with E-state index in [0.717, 1.165) is 12.8 Å². The molecule has 0 aromatic rings. The largest absolute Gasteiger partial charge is 0.459 e. The molecular formula is C12H20O4. The van der Waals surface area contributed by atoms with Crippen LogP contribution in [0.1, 0.15) is 46.5 Å². The van der Waals surface area contributed by atoms with Gasteiger partial charge in [0.1, 0.15) is 18.3 Å². The van der Waals surface area contributed by atoms with Gasteiger partial charge in [-0.25, -0.2) is 0 Å². The molecule has 92 valence electrons. The Morgan fingerprint density at radius 2 is 2.31 bits per heavy atom. The van der Waals surface area contributed by atoms with Crippen molar-refractivity contribution >= 4 is 11.8 Å². The van der Waals surface area contributed by atoms with E-state index in [4.69, 9.17) is 9.47 Å². The van der Waals surface area contributed by atoms with Crippen LogP contribution in [0.3, 0.4) is 0 Å². The third-order valence-corrected chi connectivity index (χ3v) is 2.98. The Morgan fingerprint density at radius 1 is 1.62 bits per heavy atom. The lowest BCUT2D eigenvalue weighted by Gasteiger charge is -2.34. The van der Waals surface area contributed by atoms with Crippen molar-refractivity contribution in [2.75, 3.05) is 6.61 Å². The summed E-state index contributed by atoms with van der Waals surface area (Å²) in [5.41, 5.74) is -0.521. The molecule has 4 nitrogen and oxygen atoms in total. The normalized spacial score (nSPS) is 30.9. The number of hydrogen-bond donors (Lipinski definition) is 0. The van der Waals surface area contributed by atoms with Gasteiger partial charge < -0.3 is 9.47 Å². The maximum atomic E-state index is 11.3. The summed E-state index contributed by atoms with van der Waals surface area (Å²) in [5.74, 6) is -0.234. The van der Waals surface area contributed by atoms with E-state index < -0.39 is 5.60 Å². The highest BCUT2D eigenvalue weighted by molar-refractivity contribution is 5.80. The minimum atomic E-state index is -0.521. The molecule has 1 saturated heterocycles. The van der Waals surface area contributed by atoms with Crippen LogP contribution >= 0.6 is 0 Å². The van der Waals surface area contributed by atoms with Crippen LogP contribution < -0.4 is 0 Å². The fourth-order valence-electron chi connectivity index (χ4n) is 2.12. The zero-order valence-electron chi connectivity index (χ0n) is 10.2. The van der Waals surface area contributed by atoms with Crippen LogP contribution in [0.4, 0.5) is 0 Å². The van der Waals surface area contributed by atoms with Crippen molar-refractivity contribution < 1.29 is 19.1 Å². The van der Waals surface area contributed by atoms with Gasteiger partial charge in [0, 0.05) is 13.3 Å². The van der Waals surface area contributed by atoms with Gasteiger partial charge in [0.25, 0.3) is 0 Å². The van der Waals surface area contributed by atoms with Crippen LogP contribution in [0.25, 0.3) is 0 Å². The molecule has 0 aromatic carbocycles. The van der Waals surface area contributed by atoms with E-state index in [1.807, 2.05) is 13.8 Å². The van der Waals surface area contributed by atoms with Crippen LogP contribution in [0.15, 0.2) is 0 Å². The molecule has 1 aliphatic rings. The van der Waals surface area contributed by atoms with Crippen LogP contribution in [-0.2, 0) is 19.1 Å². The number of Topliss-reactive ketones (excluding diaryl/α,β-unsaturated/α-hetero) is 1. The summed E-state index contributed by atoms with van der Waals surface area (Å²) in [5, 5.41) is 0. The van der Waals surface area contributed by atoms with Crippen LogP contribution in [0.5, 0.6) is 0 Å². The molecule has 2 atom stereocenters. The van der Waals surface area contributed by atoms with Crippen molar-refractivity contribution in [2.45, 2.75) is 58.2 Å². The number of rotatable bonds is 3. The highest BCUT2D eigenvalue weighted by atomic mass is 16.6. The van der Waals surface area contributed by atoms with Gasteiger partial charge in [-0.1, -0.05) is 13.3 Å². The van der Waals surface area contributed by atoms with Crippen LogP contribution in [-0.4, -0.2) is 30.1 Å². The Hall–Kier alpha value is -0.900. The maximum absolute atomic E-state index is 11.3. The highest BCUT2D eigenvalue weighted by Crippen LogP contribution is 2.30. The molecule has 1 rings (SSSR count). The lowest BCUT2D eigenvalue weighted by molar-refractivity contribution is -0.168. The summed E-state index contributed by atoms with van der Waals surface area (Å²) in [6, 6.07) is 0. The molecule has 0 aliphatic carbocycles. The quantitative estimate of drug-likeness (QED) is 0.692. The van der Waals surface area contributed by atoms with E-state index in [1.54, 1.807) is 0 Å². The van der Waals surface area contributed by atoms with Crippen LogP contribution in [0, 0.1) is 0 Å². The van der Waals surface area contributed by atoms with Crippen molar-refractivity contribution in [1.29, 1.82) is 0 Å². The van der Waals surface area contributed by atoms with Gasteiger partial charge in [-0.2, -0.15) is 0 Å². The second kappa shape index (κ2) is 5.43. The molecular weight excluding hydrogens is 208 g/mol. The lowest BCUT2D eigenvalue weighted by atomic mass is 9.91. The first-order valence-corrected chi connectivity index (χ1v) is 5.81. The second-order valence-electron chi connectivity index (χ2n) is 4.53. The minimum Gasteiger partial charge on any atom is -0.459 e. The average Bonchev–Trinajstić information content (AvgIpc) is 2.32. The average molecular weight is 228 g/mol. The molecule has 0 N–H and O–H groups in total. The minimum absolute atomic E-state index is 0.0805. The van der Waals surface area contributed by atoms with Gasteiger partial charge in [0.2, 0.25) is 0 Å². The van der Waals surface area contributed by atoms with E-state index in [-0.39, 0.29) is 24.5 Å². The van der Waals surface area contributed by atoms with Gasteiger partial charge in [-0.05, 0) is 19.8 Å². The summed E-state index contributed by atoms with van der Waals surface area (Å²) >= 11 is 0. The molecule has 16 heavy (non-hydrogen) atoms. The molecule has 1 fully saturated rings. The fraction of sp³-hybridized carbons (Fsp3) is 0.833. The zero-order valence-corrected chi connectivity index (χ0v) is 10.2. The number of carbonyl (C=O) groups is 2. The predicted molar refractivity (Wildman–Crippen MR) is 59.1 cm³/mol. The third kappa shape index (κ3) is 3.30. The van der Waals surface area contributed by atoms with E-state index in [1.165, 1.54) is 6.92 Å². The van der Waals surface area contributed by atoms with E-state index >= 15 is 0 Å². The van der Waals surface area contributed by atoms with Crippen molar-refractivity contribution in [2.24, 2.45) is 0 Å². The van der Waals surface area contributed by atoms with Gasteiger partial charge in [-0.3, -0.25) is 9.59 Å². The van der Waals surface area contributed by atoms with Crippen molar-refractivity contribution in [3.8, 4) is 0 Å². The molecule has 4 heteroatoms. The highest BCUT2D eigenvalue weighted by Gasteiger charge is 2.39. The SMILES string of the molecule is CCCC1(C)OCC(=O)CCC1OC(C)=O. The molecule has 0 aromatic heterocycles. The molecule has 1 heterocycles. The standard InChI is InChI=1S/C12H20O4/c1-4-7-12(3)11(16-9(2)13)6-5-10(14)8-15-12/h11H,4-8H2,1-3H3. The lowest BCUT2D eigenvalue weighted by Crippen LogP contribution is -2.43. The van der Waals surface area contributed by atoms with Gasteiger partial charge in [0.15, 0.2) is 5.78 Å². The Labute approximate surface area is 96.3 Å². The fourth-order valence-corrected chi connectivity index (χ4v) is 2.12. The zero-order chi connectivity index (χ0) is 12.2. The maximum Gasteiger partial charge on any atom is 0.303 e. The monoisotopic (exact) mass is 228 g/mol. The molecule has 2 unspecified atom stereocenters. The first kappa shape index (κ1) is 13.2. The number of ketones is 1. The van der Waals surface area contributed by atoms with Crippen molar-refractivity contribution in [1.82, 2.24) is 0 Å².